The van der Waals surface area contributed by atoms with Crippen molar-refractivity contribution in [3.8, 4) is 0 Å². The van der Waals surface area contributed by atoms with Crippen molar-refractivity contribution in [1.82, 2.24) is 0 Å². The third-order valence-corrected chi connectivity index (χ3v) is 7.24. The van der Waals surface area contributed by atoms with Crippen LogP contribution in [0.1, 0.15) is 4.88 Å². The molecule has 20 heavy (non-hydrogen) atoms. The molecule has 0 saturated carbocycles. The van der Waals surface area contributed by atoms with Gasteiger partial charge in [-0.2, -0.15) is 0 Å². The fraction of sp³-hybridized carbons (Fsp3) is 0.0909. The predicted octanol–water partition coefficient (Wildman–Crippen LogP) is 5.91. The highest BCUT2D eigenvalue weighted by Crippen LogP contribution is 2.37. The first-order valence-corrected chi connectivity index (χ1v) is 10.6. The predicted molar refractivity (Wildman–Crippen MR) is 97.1 cm³/mol. The van der Waals surface area contributed by atoms with Crippen molar-refractivity contribution in [3.63, 3.8) is 0 Å². The molecule has 1 N–H and O–H groups in total. The second-order valence-electron chi connectivity index (χ2n) is 3.82. The summed E-state index contributed by atoms with van der Waals surface area (Å²) in [6.45, 7) is 1.77. The molecule has 2 aromatic rings. The monoisotopic (exact) mass is 565 g/mol. The van der Waals surface area contributed by atoms with Gasteiger partial charge in [0.2, 0.25) is 0 Å². The average molecular weight is 569 g/mol. The second kappa shape index (κ2) is 6.37. The van der Waals surface area contributed by atoms with E-state index in [4.69, 9.17) is 0 Å². The van der Waals surface area contributed by atoms with Crippen LogP contribution in [-0.4, -0.2) is 8.42 Å². The lowest BCUT2D eigenvalue weighted by atomic mass is 10.3. The minimum atomic E-state index is -3.63. The van der Waals surface area contributed by atoms with Crippen molar-refractivity contribution < 1.29 is 8.42 Å². The Hall–Kier alpha value is 0.590. The number of aryl methyl sites for hydroxylation is 1. The molecule has 1 heterocycles. The molecule has 0 aliphatic heterocycles. The number of nitrogens with one attached hydrogen (secondary N) is 1. The van der Waals surface area contributed by atoms with E-state index in [2.05, 4.69) is 68.4 Å². The standard InChI is InChI=1S/C11H7Br4NO2S2/c1-5-9(4-10(15)19-5)20(17,18)16-11-7(13)2-6(12)3-8(11)14/h2-4,16H,1H3. The Bertz CT molecular complexity index is 748. The van der Waals surface area contributed by atoms with Gasteiger partial charge in [0.15, 0.2) is 0 Å². The molecule has 0 aliphatic rings. The molecule has 0 fully saturated rings. The topological polar surface area (TPSA) is 46.2 Å². The fourth-order valence-electron chi connectivity index (χ4n) is 1.53. The normalized spacial score (nSPS) is 11.7. The summed E-state index contributed by atoms with van der Waals surface area (Å²) in [6, 6.07) is 5.15. The Balaban J connectivity index is 2.46. The zero-order valence-corrected chi connectivity index (χ0v) is 17.9. The number of sulfonamides is 1. The highest BCUT2D eigenvalue weighted by molar-refractivity contribution is 9.12. The van der Waals surface area contributed by atoms with E-state index in [0.717, 1.165) is 13.1 Å². The summed E-state index contributed by atoms with van der Waals surface area (Å²) in [7, 11) is -3.63. The number of thiophene rings is 1. The van der Waals surface area contributed by atoms with E-state index in [1.54, 1.807) is 25.1 Å². The van der Waals surface area contributed by atoms with E-state index in [-0.39, 0.29) is 4.90 Å². The van der Waals surface area contributed by atoms with Crippen molar-refractivity contribution in [3.05, 3.63) is 40.3 Å². The van der Waals surface area contributed by atoms with Crippen molar-refractivity contribution in [2.75, 3.05) is 4.72 Å². The van der Waals surface area contributed by atoms with Gasteiger partial charge in [-0.05, 0) is 72.9 Å². The summed E-state index contributed by atoms with van der Waals surface area (Å²) in [5, 5.41) is 0. The summed E-state index contributed by atoms with van der Waals surface area (Å²) in [4.78, 5) is 1.00. The molecule has 3 nitrogen and oxygen atoms in total. The first-order valence-electron chi connectivity index (χ1n) is 5.14. The number of hydrogen-bond acceptors (Lipinski definition) is 3. The third-order valence-electron chi connectivity index (χ3n) is 2.37. The summed E-state index contributed by atoms with van der Waals surface area (Å²) in [5.74, 6) is 0. The Morgan fingerprint density at radius 2 is 1.60 bits per heavy atom. The maximum atomic E-state index is 12.4. The second-order valence-corrected chi connectivity index (χ2v) is 10.7. The minimum Gasteiger partial charge on any atom is -0.277 e. The summed E-state index contributed by atoms with van der Waals surface area (Å²) in [6.07, 6.45) is 0. The largest absolute Gasteiger partial charge is 0.277 e. The lowest BCUT2D eigenvalue weighted by Gasteiger charge is -2.12. The number of benzene rings is 1. The van der Waals surface area contributed by atoms with Crippen LogP contribution in [0, 0.1) is 6.92 Å². The molecule has 0 atom stereocenters. The zero-order chi connectivity index (χ0) is 15.1. The minimum absolute atomic E-state index is 0.274. The highest BCUT2D eigenvalue weighted by Gasteiger charge is 2.22. The first-order chi connectivity index (χ1) is 9.20. The molecule has 0 spiro atoms. The van der Waals surface area contributed by atoms with E-state index in [1.807, 2.05) is 0 Å². The molecule has 1 aromatic carbocycles. The number of halogens is 4. The molecule has 0 amide bonds. The molecule has 1 aromatic heterocycles. The quantitative estimate of drug-likeness (QED) is 0.501. The number of rotatable bonds is 3. The van der Waals surface area contributed by atoms with Crippen molar-refractivity contribution >= 4 is 90.8 Å². The fourth-order valence-corrected chi connectivity index (χ4v) is 7.76. The summed E-state index contributed by atoms with van der Waals surface area (Å²) < 4.78 is 30.4. The van der Waals surface area contributed by atoms with Crippen LogP contribution >= 0.6 is 75.1 Å². The maximum Gasteiger partial charge on any atom is 0.263 e. The first kappa shape index (κ1) is 17.0. The Morgan fingerprint density at radius 1 is 1.05 bits per heavy atom. The van der Waals surface area contributed by atoms with Crippen LogP contribution in [0.2, 0.25) is 0 Å². The van der Waals surface area contributed by atoms with Gasteiger partial charge < -0.3 is 0 Å². The van der Waals surface area contributed by atoms with Crippen molar-refractivity contribution in [2.24, 2.45) is 0 Å². The molecule has 0 bridgehead atoms. The van der Waals surface area contributed by atoms with E-state index < -0.39 is 10.0 Å². The van der Waals surface area contributed by atoms with Gasteiger partial charge in [-0.15, -0.1) is 11.3 Å². The molecule has 0 unspecified atom stereocenters. The van der Waals surface area contributed by atoms with Gasteiger partial charge in [-0.3, -0.25) is 4.72 Å². The molecule has 0 aliphatic carbocycles. The lowest BCUT2D eigenvalue weighted by molar-refractivity contribution is 0.601. The van der Waals surface area contributed by atoms with Crippen LogP contribution in [0.15, 0.2) is 40.3 Å². The van der Waals surface area contributed by atoms with Crippen LogP contribution in [0.4, 0.5) is 5.69 Å². The summed E-state index contributed by atoms with van der Waals surface area (Å²) in [5.41, 5.74) is 0.468. The van der Waals surface area contributed by atoms with Gasteiger partial charge in [0, 0.05) is 18.3 Å². The van der Waals surface area contributed by atoms with Crippen LogP contribution in [0.3, 0.4) is 0 Å². The molecule has 0 radical (unpaired) electrons. The van der Waals surface area contributed by atoms with Gasteiger partial charge in [0.25, 0.3) is 10.0 Å². The molecule has 2 rings (SSSR count). The lowest BCUT2D eigenvalue weighted by Crippen LogP contribution is -2.14. The smallest absolute Gasteiger partial charge is 0.263 e. The van der Waals surface area contributed by atoms with Gasteiger partial charge in [-0.1, -0.05) is 15.9 Å². The van der Waals surface area contributed by atoms with Crippen LogP contribution in [0.25, 0.3) is 0 Å². The van der Waals surface area contributed by atoms with Gasteiger partial charge >= 0.3 is 0 Å². The molecular weight excluding hydrogens is 562 g/mol. The summed E-state index contributed by atoms with van der Waals surface area (Å²) >= 11 is 14.7. The average Bonchev–Trinajstić information content (AvgIpc) is 2.64. The van der Waals surface area contributed by atoms with E-state index >= 15 is 0 Å². The van der Waals surface area contributed by atoms with Crippen LogP contribution in [0.5, 0.6) is 0 Å². The molecule has 108 valence electrons. The molecular formula is C11H7Br4NO2S2. The van der Waals surface area contributed by atoms with E-state index in [1.165, 1.54) is 11.3 Å². The Labute approximate surface area is 154 Å². The molecule has 9 heteroatoms. The number of anilines is 1. The third kappa shape index (κ3) is 3.67. The van der Waals surface area contributed by atoms with E-state index in [9.17, 15) is 8.42 Å². The Morgan fingerprint density at radius 3 is 2.05 bits per heavy atom. The van der Waals surface area contributed by atoms with E-state index in [0.29, 0.717) is 14.6 Å². The van der Waals surface area contributed by atoms with Crippen molar-refractivity contribution in [1.29, 1.82) is 0 Å². The zero-order valence-electron chi connectivity index (χ0n) is 9.88. The number of hydrogen-bond donors (Lipinski definition) is 1. The van der Waals surface area contributed by atoms with Gasteiger partial charge in [0.05, 0.1) is 9.47 Å². The highest BCUT2D eigenvalue weighted by atomic mass is 79.9. The SMILES string of the molecule is Cc1sc(Br)cc1S(=O)(=O)Nc1c(Br)cc(Br)cc1Br. The van der Waals surface area contributed by atoms with Gasteiger partial charge in [-0.25, -0.2) is 8.42 Å². The molecule has 0 saturated heterocycles. The maximum absolute atomic E-state index is 12.4. The van der Waals surface area contributed by atoms with Crippen LogP contribution < -0.4 is 4.72 Å². The van der Waals surface area contributed by atoms with Crippen LogP contribution in [-0.2, 0) is 10.0 Å². The Kier molecular flexibility index (Phi) is 5.40. The van der Waals surface area contributed by atoms with Gasteiger partial charge in [0.1, 0.15) is 4.90 Å². The van der Waals surface area contributed by atoms with Crippen molar-refractivity contribution in [2.45, 2.75) is 11.8 Å².